The fourth-order valence-electron chi connectivity index (χ4n) is 6.39. The normalized spacial score (nSPS) is 25.1. The molecule has 182 valence electrons. The molecule has 1 saturated carbocycles. The largest absolute Gasteiger partial charge is 0.338 e. The molecule has 0 N–H and O–H groups in total. The lowest BCUT2D eigenvalue weighted by molar-refractivity contribution is -0.137. The molecular weight excluding hydrogens is 440 g/mol. The Morgan fingerprint density at radius 1 is 0.765 bits per heavy atom. The number of carbonyl (C=O) groups excluding carboxylic acids is 2. The molecule has 2 aromatic carbocycles. The van der Waals surface area contributed by atoms with Crippen molar-refractivity contribution in [3.8, 4) is 0 Å². The molecule has 2 aliphatic heterocycles. The molecule has 3 fully saturated rings. The van der Waals surface area contributed by atoms with Gasteiger partial charge in [-0.05, 0) is 54.2 Å². The van der Waals surface area contributed by atoms with Crippen LogP contribution in [0.4, 0.5) is 0 Å². The Labute approximate surface area is 208 Å². The number of fused-ring (bicyclic) bond motifs is 1. The van der Waals surface area contributed by atoms with Gasteiger partial charge in [-0.15, -0.1) is 11.8 Å². The highest BCUT2D eigenvalue weighted by atomic mass is 32.2. The van der Waals surface area contributed by atoms with E-state index >= 15 is 0 Å². The Balaban J connectivity index is 1.27. The van der Waals surface area contributed by atoms with Gasteiger partial charge in [-0.2, -0.15) is 0 Å². The van der Waals surface area contributed by atoms with Crippen LogP contribution in [0.25, 0.3) is 10.8 Å². The number of carbonyl (C=O) groups is 2. The minimum absolute atomic E-state index is 0.0881. The number of nitrogens with zero attached hydrogens (tertiary/aromatic N) is 2. The third-order valence-corrected chi connectivity index (χ3v) is 10.0. The second kappa shape index (κ2) is 10.7. The zero-order valence-electron chi connectivity index (χ0n) is 20.3. The Morgan fingerprint density at radius 3 is 2.12 bits per heavy atom. The summed E-state index contributed by atoms with van der Waals surface area (Å²) in [5.74, 6) is 2.09. The first-order valence-corrected chi connectivity index (χ1v) is 14.4. The van der Waals surface area contributed by atoms with E-state index < -0.39 is 0 Å². The Morgan fingerprint density at radius 2 is 1.41 bits per heavy atom. The van der Waals surface area contributed by atoms with Gasteiger partial charge in [-0.3, -0.25) is 9.59 Å². The lowest BCUT2D eigenvalue weighted by Crippen LogP contribution is -2.57. The molecule has 5 heteroatoms. The molecule has 2 amide bonds. The molecule has 1 atom stereocenters. The number of hydrogen-bond acceptors (Lipinski definition) is 3. The highest BCUT2D eigenvalue weighted by molar-refractivity contribution is 8.01. The maximum absolute atomic E-state index is 14.0. The van der Waals surface area contributed by atoms with Crippen molar-refractivity contribution in [1.82, 2.24) is 9.80 Å². The molecule has 5 rings (SSSR count). The summed E-state index contributed by atoms with van der Waals surface area (Å²) < 4.78 is -0.216. The third kappa shape index (κ3) is 4.73. The van der Waals surface area contributed by atoms with Gasteiger partial charge in [0, 0.05) is 31.7 Å². The van der Waals surface area contributed by atoms with Crippen LogP contribution < -0.4 is 0 Å². The smallest absolute Gasteiger partial charge is 0.254 e. The SMILES string of the molecule is O=C(c1cccc2ccccc12)N1CCN(C(=O)C2(C3CCCCCCCC3)CCCS2)CC1. The van der Waals surface area contributed by atoms with E-state index in [1.54, 1.807) is 0 Å². The monoisotopic (exact) mass is 478 g/mol. The van der Waals surface area contributed by atoms with Gasteiger partial charge >= 0.3 is 0 Å². The lowest BCUT2D eigenvalue weighted by atomic mass is 9.80. The quantitative estimate of drug-likeness (QED) is 0.532. The fourth-order valence-corrected chi connectivity index (χ4v) is 8.05. The highest BCUT2D eigenvalue weighted by Gasteiger charge is 2.50. The topological polar surface area (TPSA) is 40.6 Å². The van der Waals surface area contributed by atoms with Crippen molar-refractivity contribution in [2.45, 2.75) is 69.0 Å². The first-order valence-electron chi connectivity index (χ1n) is 13.4. The van der Waals surface area contributed by atoms with Crippen molar-refractivity contribution in [2.75, 3.05) is 31.9 Å². The molecule has 4 nitrogen and oxygen atoms in total. The first kappa shape index (κ1) is 23.7. The summed E-state index contributed by atoms with van der Waals surface area (Å²) in [5.41, 5.74) is 0.770. The van der Waals surface area contributed by atoms with Crippen LogP contribution >= 0.6 is 11.8 Å². The standard InChI is InChI=1S/C29H38N2O2S/c32-27(26-16-9-12-23-11-7-8-15-25(23)26)30-18-20-31(21-19-30)28(33)29(17-10-22-34-29)24-13-5-3-1-2-4-6-14-24/h7-9,11-12,15-16,24H,1-6,10,13-14,17-22H2. The van der Waals surface area contributed by atoms with Crippen LogP contribution in [0.2, 0.25) is 0 Å². The Hall–Kier alpha value is -2.01. The zero-order valence-corrected chi connectivity index (χ0v) is 21.2. The molecule has 2 aromatic rings. The van der Waals surface area contributed by atoms with Crippen molar-refractivity contribution >= 4 is 34.3 Å². The van der Waals surface area contributed by atoms with Crippen molar-refractivity contribution < 1.29 is 9.59 Å². The lowest BCUT2D eigenvalue weighted by Gasteiger charge is -2.43. The van der Waals surface area contributed by atoms with Gasteiger partial charge < -0.3 is 9.80 Å². The van der Waals surface area contributed by atoms with Crippen LogP contribution in [0, 0.1) is 5.92 Å². The predicted molar refractivity (Wildman–Crippen MR) is 141 cm³/mol. The summed E-state index contributed by atoms with van der Waals surface area (Å²) >= 11 is 1.95. The summed E-state index contributed by atoms with van der Waals surface area (Å²) in [6.07, 6.45) is 12.5. The molecule has 0 bridgehead atoms. The van der Waals surface area contributed by atoms with E-state index in [4.69, 9.17) is 0 Å². The molecule has 1 aliphatic carbocycles. The van der Waals surface area contributed by atoms with Crippen LogP contribution in [0.5, 0.6) is 0 Å². The van der Waals surface area contributed by atoms with E-state index in [0.717, 1.165) is 34.9 Å². The second-order valence-corrected chi connectivity index (χ2v) is 11.8. The van der Waals surface area contributed by atoms with Crippen molar-refractivity contribution in [2.24, 2.45) is 5.92 Å². The molecule has 1 unspecified atom stereocenters. The molecule has 0 aromatic heterocycles. The van der Waals surface area contributed by atoms with Crippen LogP contribution in [-0.2, 0) is 4.79 Å². The summed E-state index contributed by atoms with van der Waals surface area (Å²) in [7, 11) is 0. The molecule has 34 heavy (non-hydrogen) atoms. The van der Waals surface area contributed by atoms with E-state index in [1.807, 2.05) is 47.0 Å². The molecule has 0 spiro atoms. The van der Waals surface area contributed by atoms with Gasteiger partial charge in [0.05, 0.1) is 4.75 Å². The number of hydrogen-bond donors (Lipinski definition) is 0. The molecule has 3 aliphatic rings. The van der Waals surface area contributed by atoms with Gasteiger partial charge in [-0.25, -0.2) is 0 Å². The van der Waals surface area contributed by atoms with Crippen molar-refractivity contribution in [3.05, 3.63) is 48.0 Å². The molecular formula is C29H38N2O2S. The number of thioether (sulfide) groups is 1. The predicted octanol–water partition coefficient (Wildman–Crippen LogP) is 6.14. The molecule has 0 radical (unpaired) electrons. The minimum Gasteiger partial charge on any atom is -0.338 e. The fraction of sp³-hybridized carbons (Fsp3) is 0.586. The van der Waals surface area contributed by atoms with E-state index in [1.165, 1.54) is 51.4 Å². The van der Waals surface area contributed by atoms with Crippen molar-refractivity contribution in [1.29, 1.82) is 0 Å². The number of benzene rings is 2. The van der Waals surface area contributed by atoms with E-state index in [2.05, 4.69) is 17.0 Å². The third-order valence-electron chi connectivity index (χ3n) is 8.30. The van der Waals surface area contributed by atoms with Gasteiger partial charge in [0.2, 0.25) is 5.91 Å². The summed E-state index contributed by atoms with van der Waals surface area (Å²) in [4.78, 5) is 31.4. The van der Waals surface area contributed by atoms with Crippen LogP contribution in [-0.4, -0.2) is 58.3 Å². The Kier molecular flexibility index (Phi) is 7.48. The zero-order chi connectivity index (χ0) is 23.4. The maximum Gasteiger partial charge on any atom is 0.254 e. The van der Waals surface area contributed by atoms with E-state index in [0.29, 0.717) is 38.0 Å². The number of amides is 2. The average molecular weight is 479 g/mol. The highest BCUT2D eigenvalue weighted by Crippen LogP contribution is 2.49. The van der Waals surface area contributed by atoms with Crippen LogP contribution in [0.3, 0.4) is 0 Å². The van der Waals surface area contributed by atoms with E-state index in [-0.39, 0.29) is 10.7 Å². The van der Waals surface area contributed by atoms with Gasteiger partial charge in [0.15, 0.2) is 0 Å². The number of piperazine rings is 1. The van der Waals surface area contributed by atoms with Gasteiger partial charge in [-0.1, -0.05) is 74.9 Å². The summed E-state index contributed by atoms with van der Waals surface area (Å²) in [6, 6.07) is 14.0. The average Bonchev–Trinajstić information content (AvgIpc) is 3.42. The van der Waals surface area contributed by atoms with Crippen LogP contribution in [0.15, 0.2) is 42.5 Å². The molecule has 2 heterocycles. The summed E-state index contributed by atoms with van der Waals surface area (Å²) in [6.45, 7) is 2.56. The van der Waals surface area contributed by atoms with Crippen molar-refractivity contribution in [3.63, 3.8) is 0 Å². The summed E-state index contributed by atoms with van der Waals surface area (Å²) in [5, 5.41) is 2.10. The number of rotatable bonds is 3. The Bertz CT molecular complexity index is 993. The van der Waals surface area contributed by atoms with Gasteiger partial charge in [0.25, 0.3) is 5.91 Å². The molecule has 2 saturated heterocycles. The van der Waals surface area contributed by atoms with Crippen LogP contribution in [0.1, 0.15) is 74.6 Å². The minimum atomic E-state index is -0.216. The van der Waals surface area contributed by atoms with E-state index in [9.17, 15) is 9.59 Å². The van der Waals surface area contributed by atoms with Gasteiger partial charge in [0.1, 0.15) is 0 Å². The second-order valence-electron chi connectivity index (χ2n) is 10.3. The maximum atomic E-state index is 14.0. The first-order chi connectivity index (χ1) is 16.7.